The van der Waals surface area contributed by atoms with Crippen LogP contribution >= 0.6 is 0 Å². The number of anilines is 1. The van der Waals surface area contributed by atoms with Crippen molar-refractivity contribution in [2.24, 2.45) is 5.41 Å². The Balaban J connectivity index is 2.47. The summed E-state index contributed by atoms with van der Waals surface area (Å²) < 4.78 is 0. The lowest BCUT2D eigenvalue weighted by Gasteiger charge is -2.18. The van der Waals surface area contributed by atoms with E-state index in [0.29, 0.717) is 0 Å². The molecule has 1 heterocycles. The van der Waals surface area contributed by atoms with Gasteiger partial charge in [-0.3, -0.25) is 9.78 Å². The Morgan fingerprint density at radius 2 is 1.94 bits per heavy atom. The van der Waals surface area contributed by atoms with Gasteiger partial charge in [0.15, 0.2) is 0 Å². The van der Waals surface area contributed by atoms with Crippen LogP contribution in [0.3, 0.4) is 0 Å². The van der Waals surface area contributed by atoms with Gasteiger partial charge in [-0.25, -0.2) is 0 Å². The minimum Gasteiger partial charge on any atom is -0.325 e. The summed E-state index contributed by atoms with van der Waals surface area (Å²) in [6, 6.07) is 7.78. The lowest BCUT2D eigenvalue weighted by Crippen LogP contribution is -2.27. The van der Waals surface area contributed by atoms with Crippen molar-refractivity contribution >= 4 is 22.5 Å². The third kappa shape index (κ3) is 2.35. The number of rotatable bonds is 1. The number of pyridine rings is 1. The van der Waals surface area contributed by atoms with E-state index >= 15 is 0 Å². The molecule has 0 saturated carbocycles. The van der Waals surface area contributed by atoms with Crippen LogP contribution in [0.4, 0.5) is 5.69 Å². The quantitative estimate of drug-likeness (QED) is 0.831. The van der Waals surface area contributed by atoms with Crippen LogP contribution in [0.25, 0.3) is 10.9 Å². The molecule has 0 unspecified atom stereocenters. The molecule has 1 N–H and O–H groups in total. The van der Waals surface area contributed by atoms with Crippen molar-refractivity contribution in [3.8, 4) is 0 Å². The summed E-state index contributed by atoms with van der Waals surface area (Å²) >= 11 is 0. The Bertz CT molecular complexity index is 597. The van der Waals surface area contributed by atoms with Crippen LogP contribution in [0.1, 0.15) is 26.3 Å². The molecule has 2 aromatic rings. The number of hydrogen-bond acceptors (Lipinski definition) is 2. The molecule has 2 rings (SSSR count). The normalized spacial score (nSPS) is 11.6. The zero-order chi connectivity index (χ0) is 13.3. The van der Waals surface area contributed by atoms with Gasteiger partial charge in [0, 0.05) is 17.0 Å². The topological polar surface area (TPSA) is 42.0 Å². The molecule has 0 atom stereocenters. The lowest BCUT2D eigenvalue weighted by molar-refractivity contribution is -0.123. The Kier molecular flexibility index (Phi) is 3.07. The van der Waals surface area contributed by atoms with Crippen molar-refractivity contribution in [1.29, 1.82) is 0 Å². The fourth-order valence-electron chi connectivity index (χ4n) is 1.73. The molecular formula is C15H18N2O. The number of nitrogens with zero attached hydrogens (tertiary/aromatic N) is 1. The zero-order valence-corrected chi connectivity index (χ0v) is 11.2. The summed E-state index contributed by atoms with van der Waals surface area (Å²) in [6.45, 7) is 7.72. The second-order valence-electron chi connectivity index (χ2n) is 5.53. The van der Waals surface area contributed by atoms with E-state index in [4.69, 9.17) is 0 Å². The minimum absolute atomic E-state index is 0.0107. The highest BCUT2D eigenvalue weighted by atomic mass is 16.2. The maximum absolute atomic E-state index is 12.0. The van der Waals surface area contributed by atoms with E-state index in [1.165, 1.54) is 0 Å². The molecule has 1 aromatic heterocycles. The highest BCUT2D eigenvalue weighted by Gasteiger charge is 2.21. The number of benzene rings is 1. The van der Waals surface area contributed by atoms with E-state index in [-0.39, 0.29) is 5.91 Å². The molecule has 0 aliphatic carbocycles. The number of hydrogen-bond donors (Lipinski definition) is 1. The molecule has 0 aliphatic heterocycles. The Hall–Kier alpha value is -1.90. The van der Waals surface area contributed by atoms with E-state index in [0.717, 1.165) is 22.2 Å². The van der Waals surface area contributed by atoms with Crippen LogP contribution in [0.15, 0.2) is 30.5 Å². The fraction of sp³-hybridized carbons (Fsp3) is 0.333. The van der Waals surface area contributed by atoms with Crippen LogP contribution in [-0.2, 0) is 4.79 Å². The maximum atomic E-state index is 12.0. The summed E-state index contributed by atoms with van der Waals surface area (Å²) in [5.74, 6) is 0.0107. The van der Waals surface area contributed by atoms with E-state index in [9.17, 15) is 4.79 Å². The van der Waals surface area contributed by atoms with Crippen molar-refractivity contribution in [1.82, 2.24) is 4.98 Å². The van der Waals surface area contributed by atoms with Gasteiger partial charge < -0.3 is 5.32 Å². The van der Waals surface area contributed by atoms with E-state index in [1.807, 2.05) is 52.0 Å². The third-order valence-corrected chi connectivity index (χ3v) is 2.90. The van der Waals surface area contributed by atoms with Gasteiger partial charge in [0.05, 0.1) is 11.2 Å². The molecule has 0 bridgehead atoms. The molecule has 18 heavy (non-hydrogen) atoms. The van der Waals surface area contributed by atoms with E-state index in [2.05, 4.69) is 10.3 Å². The summed E-state index contributed by atoms with van der Waals surface area (Å²) in [5.41, 5.74) is 2.46. The van der Waals surface area contributed by atoms with Gasteiger partial charge >= 0.3 is 0 Å². The lowest BCUT2D eigenvalue weighted by atomic mass is 9.95. The average Bonchev–Trinajstić information content (AvgIpc) is 2.32. The van der Waals surface area contributed by atoms with Crippen molar-refractivity contribution in [3.63, 3.8) is 0 Å². The number of fused-ring (bicyclic) bond motifs is 1. The second-order valence-corrected chi connectivity index (χ2v) is 5.53. The van der Waals surface area contributed by atoms with Crippen LogP contribution in [-0.4, -0.2) is 10.9 Å². The Morgan fingerprint density at radius 3 is 2.61 bits per heavy atom. The first-order chi connectivity index (χ1) is 8.39. The molecule has 94 valence electrons. The molecule has 3 nitrogen and oxygen atoms in total. The number of aryl methyl sites for hydroxylation is 1. The molecule has 0 fully saturated rings. The minimum atomic E-state index is -0.403. The van der Waals surface area contributed by atoms with Gasteiger partial charge in [-0.2, -0.15) is 0 Å². The van der Waals surface area contributed by atoms with Gasteiger partial charge in [0.25, 0.3) is 0 Å². The standard InChI is InChI=1S/C15H18N2O/c1-10-7-8-12(17-14(18)15(2,3)4)11-6-5-9-16-13(10)11/h5-9H,1-4H3,(H,17,18). The number of carbonyl (C=O) groups is 1. The number of carbonyl (C=O) groups excluding carboxylic acids is 1. The second kappa shape index (κ2) is 4.41. The van der Waals surface area contributed by atoms with E-state index < -0.39 is 5.41 Å². The number of nitrogens with one attached hydrogen (secondary N) is 1. The summed E-state index contributed by atoms with van der Waals surface area (Å²) in [6.07, 6.45) is 1.77. The van der Waals surface area contributed by atoms with E-state index in [1.54, 1.807) is 6.20 Å². The highest BCUT2D eigenvalue weighted by molar-refractivity contribution is 6.03. The largest absolute Gasteiger partial charge is 0.325 e. The molecule has 0 aliphatic rings. The van der Waals surface area contributed by atoms with Crippen LogP contribution < -0.4 is 5.32 Å². The van der Waals surface area contributed by atoms with Crippen molar-refractivity contribution in [3.05, 3.63) is 36.0 Å². The molecule has 0 spiro atoms. The first kappa shape index (κ1) is 12.6. The average molecular weight is 242 g/mol. The zero-order valence-electron chi connectivity index (χ0n) is 11.2. The molecule has 0 radical (unpaired) electrons. The van der Waals surface area contributed by atoms with Gasteiger partial charge in [-0.05, 0) is 30.7 Å². The highest BCUT2D eigenvalue weighted by Crippen LogP contribution is 2.26. The first-order valence-electron chi connectivity index (χ1n) is 6.05. The number of amides is 1. The van der Waals surface area contributed by atoms with Gasteiger partial charge in [0.2, 0.25) is 5.91 Å². The first-order valence-corrected chi connectivity index (χ1v) is 6.05. The van der Waals surface area contributed by atoms with Crippen LogP contribution in [0, 0.1) is 12.3 Å². The SMILES string of the molecule is Cc1ccc(NC(=O)C(C)(C)C)c2cccnc12. The smallest absolute Gasteiger partial charge is 0.229 e. The molecular weight excluding hydrogens is 224 g/mol. The van der Waals surface area contributed by atoms with Crippen LogP contribution in [0.2, 0.25) is 0 Å². The fourth-order valence-corrected chi connectivity index (χ4v) is 1.73. The maximum Gasteiger partial charge on any atom is 0.229 e. The number of aromatic nitrogens is 1. The summed E-state index contributed by atoms with van der Waals surface area (Å²) in [7, 11) is 0. The predicted molar refractivity (Wildman–Crippen MR) is 74.6 cm³/mol. The van der Waals surface area contributed by atoms with Crippen molar-refractivity contribution in [2.45, 2.75) is 27.7 Å². The molecule has 1 amide bonds. The van der Waals surface area contributed by atoms with Crippen LogP contribution in [0.5, 0.6) is 0 Å². The Labute approximate surface area is 107 Å². The molecule has 1 aromatic carbocycles. The summed E-state index contributed by atoms with van der Waals surface area (Å²) in [4.78, 5) is 16.4. The monoisotopic (exact) mass is 242 g/mol. The molecule has 0 saturated heterocycles. The summed E-state index contributed by atoms with van der Waals surface area (Å²) in [5, 5.41) is 3.95. The van der Waals surface area contributed by atoms with Gasteiger partial charge in [0.1, 0.15) is 0 Å². The van der Waals surface area contributed by atoms with Crippen molar-refractivity contribution in [2.75, 3.05) is 5.32 Å². The predicted octanol–water partition coefficient (Wildman–Crippen LogP) is 3.53. The Morgan fingerprint density at radius 1 is 1.22 bits per heavy atom. The van der Waals surface area contributed by atoms with Gasteiger partial charge in [-0.1, -0.05) is 26.8 Å². The van der Waals surface area contributed by atoms with Crippen molar-refractivity contribution < 1.29 is 4.79 Å². The molecule has 3 heteroatoms. The van der Waals surface area contributed by atoms with Gasteiger partial charge in [-0.15, -0.1) is 0 Å². The third-order valence-electron chi connectivity index (χ3n) is 2.90.